The van der Waals surface area contributed by atoms with Gasteiger partial charge >= 0.3 is 0 Å². The van der Waals surface area contributed by atoms with Gasteiger partial charge in [-0.15, -0.1) is 0 Å². The van der Waals surface area contributed by atoms with Crippen LogP contribution in [0.15, 0.2) is 179 Å². The molecule has 6 nitrogen and oxygen atoms in total. The minimum atomic E-state index is 0.573. The topological polar surface area (TPSA) is 77.8 Å². The van der Waals surface area contributed by atoms with E-state index in [0.29, 0.717) is 28.9 Å². The highest BCUT2D eigenvalue weighted by Gasteiger charge is 2.21. The minimum Gasteiger partial charge on any atom is -0.456 e. The van der Waals surface area contributed by atoms with Gasteiger partial charge in [-0.3, -0.25) is 0 Å². The Bertz CT molecular complexity index is 3200. The fourth-order valence-electron chi connectivity index (χ4n) is 7.53. The molecule has 0 spiro atoms. The van der Waals surface area contributed by atoms with Crippen molar-refractivity contribution in [3.05, 3.63) is 170 Å². The summed E-state index contributed by atoms with van der Waals surface area (Å²) in [6.45, 7) is 0. The number of aromatic nitrogens is 4. The van der Waals surface area contributed by atoms with Crippen LogP contribution in [-0.2, 0) is 0 Å². The lowest BCUT2D eigenvalue weighted by Gasteiger charge is -2.11. The first-order valence-corrected chi connectivity index (χ1v) is 17.9. The SMILES string of the molecule is c1ccc(-c2ccc(-c3nc(-c4ccc5ccccc5c4)nc(-c4cccc5c4ccc4oc6ccc7oc(-c8ccccc8)nc7c6c45)n3)cc2)cc1. The first kappa shape index (κ1) is 30.2. The van der Waals surface area contributed by atoms with Gasteiger partial charge in [0, 0.05) is 27.6 Å². The first-order valence-electron chi connectivity index (χ1n) is 17.9. The molecule has 3 heterocycles. The molecule has 0 atom stereocenters. The summed E-state index contributed by atoms with van der Waals surface area (Å²) >= 11 is 0. The summed E-state index contributed by atoms with van der Waals surface area (Å²) in [6, 6.07) is 57.7. The first-order chi connectivity index (χ1) is 26.7. The molecule has 6 heteroatoms. The number of nitrogens with zero attached hydrogens (tertiary/aromatic N) is 4. The van der Waals surface area contributed by atoms with Crippen LogP contribution in [0.4, 0.5) is 0 Å². The molecule has 0 saturated carbocycles. The molecule has 0 fully saturated rings. The molecule has 0 aliphatic heterocycles. The second-order valence-corrected chi connectivity index (χ2v) is 13.4. The number of benzene rings is 8. The normalized spacial score (nSPS) is 11.7. The Labute approximate surface area is 309 Å². The van der Waals surface area contributed by atoms with E-state index in [2.05, 4.69) is 115 Å². The van der Waals surface area contributed by atoms with Crippen molar-refractivity contribution in [1.29, 1.82) is 0 Å². The molecule has 0 N–H and O–H groups in total. The molecule has 0 aliphatic carbocycles. The van der Waals surface area contributed by atoms with Gasteiger partial charge in [-0.2, -0.15) is 0 Å². The number of rotatable bonds is 5. The Morgan fingerprint density at radius 3 is 1.76 bits per heavy atom. The number of hydrogen-bond acceptors (Lipinski definition) is 6. The predicted octanol–water partition coefficient (Wildman–Crippen LogP) is 12.6. The molecule has 0 saturated heterocycles. The Hall–Kier alpha value is -7.44. The predicted molar refractivity (Wildman–Crippen MR) is 217 cm³/mol. The van der Waals surface area contributed by atoms with E-state index in [9.17, 15) is 0 Å². The molecule has 11 rings (SSSR count). The van der Waals surface area contributed by atoms with Crippen LogP contribution in [0, 0.1) is 0 Å². The van der Waals surface area contributed by atoms with Crippen molar-refractivity contribution >= 4 is 54.6 Å². The molecule has 8 aromatic carbocycles. The third kappa shape index (κ3) is 4.96. The summed E-state index contributed by atoms with van der Waals surface area (Å²) < 4.78 is 12.7. The molecule has 0 unspecified atom stereocenters. The summed E-state index contributed by atoms with van der Waals surface area (Å²) in [5, 5.41) is 6.19. The van der Waals surface area contributed by atoms with Crippen LogP contribution >= 0.6 is 0 Å². The van der Waals surface area contributed by atoms with E-state index in [-0.39, 0.29) is 0 Å². The van der Waals surface area contributed by atoms with Crippen molar-refractivity contribution in [1.82, 2.24) is 19.9 Å². The monoisotopic (exact) mass is 692 g/mol. The zero-order valence-electron chi connectivity index (χ0n) is 28.8. The molecule has 0 aliphatic rings. The quantitative estimate of drug-likeness (QED) is 0.179. The van der Waals surface area contributed by atoms with E-state index in [1.54, 1.807) is 0 Å². The van der Waals surface area contributed by atoms with Crippen molar-refractivity contribution < 1.29 is 8.83 Å². The Balaban J connectivity index is 1.12. The van der Waals surface area contributed by atoms with E-state index in [4.69, 9.17) is 28.8 Å². The molecule has 0 radical (unpaired) electrons. The summed E-state index contributed by atoms with van der Waals surface area (Å²) in [5.74, 6) is 2.37. The highest BCUT2D eigenvalue weighted by atomic mass is 16.4. The van der Waals surface area contributed by atoms with Crippen LogP contribution in [0.3, 0.4) is 0 Å². The lowest BCUT2D eigenvalue weighted by molar-refractivity contribution is 0.619. The fourth-order valence-corrected chi connectivity index (χ4v) is 7.53. The zero-order chi connectivity index (χ0) is 35.6. The molecule has 3 aromatic heterocycles. The van der Waals surface area contributed by atoms with E-state index in [1.165, 1.54) is 0 Å². The minimum absolute atomic E-state index is 0.573. The average molecular weight is 693 g/mol. The van der Waals surface area contributed by atoms with Gasteiger partial charge in [0.2, 0.25) is 5.89 Å². The maximum atomic E-state index is 6.44. The van der Waals surface area contributed by atoms with Gasteiger partial charge in [0.15, 0.2) is 23.1 Å². The van der Waals surface area contributed by atoms with Gasteiger partial charge < -0.3 is 8.83 Å². The third-order valence-electron chi connectivity index (χ3n) is 10.2. The van der Waals surface area contributed by atoms with Crippen LogP contribution in [-0.4, -0.2) is 19.9 Å². The number of oxazole rings is 1. The molecular weight excluding hydrogens is 665 g/mol. The van der Waals surface area contributed by atoms with Crippen molar-refractivity contribution in [3.8, 4) is 56.7 Å². The zero-order valence-corrected chi connectivity index (χ0v) is 28.8. The second-order valence-electron chi connectivity index (χ2n) is 13.4. The largest absolute Gasteiger partial charge is 0.456 e. The average Bonchev–Trinajstić information content (AvgIpc) is 3.86. The Morgan fingerprint density at radius 2 is 0.944 bits per heavy atom. The van der Waals surface area contributed by atoms with Crippen molar-refractivity contribution in [2.75, 3.05) is 0 Å². The van der Waals surface area contributed by atoms with Crippen molar-refractivity contribution in [2.24, 2.45) is 0 Å². The van der Waals surface area contributed by atoms with Crippen LogP contribution in [0.5, 0.6) is 0 Å². The third-order valence-corrected chi connectivity index (χ3v) is 10.2. The van der Waals surface area contributed by atoms with Crippen LogP contribution in [0.1, 0.15) is 0 Å². The summed E-state index contributed by atoms with van der Waals surface area (Å²) in [6.07, 6.45) is 0. The van der Waals surface area contributed by atoms with Gasteiger partial charge in [-0.05, 0) is 75.1 Å². The molecule has 0 amide bonds. The number of furan rings is 1. The number of hydrogen-bond donors (Lipinski definition) is 0. The standard InChI is InChI=1S/C48H28N4O2/c1-3-10-29(11-4-1)31-18-21-32(22-19-31)45-50-46(35-23-20-30-12-7-8-15-34(30)28-35)52-47(51-45)38-17-9-16-37-36(38)24-25-39-42(37)43-40(53-39)26-27-41-44(43)49-48(54-41)33-13-5-2-6-14-33/h1-28H. The summed E-state index contributed by atoms with van der Waals surface area (Å²) in [7, 11) is 0. The fraction of sp³-hybridized carbons (Fsp3) is 0. The molecular formula is C48H28N4O2. The molecule has 252 valence electrons. The van der Waals surface area contributed by atoms with Crippen LogP contribution in [0.25, 0.3) is 111 Å². The summed E-state index contributed by atoms with van der Waals surface area (Å²) in [5.41, 5.74) is 8.94. The molecule has 11 aromatic rings. The van der Waals surface area contributed by atoms with Gasteiger partial charge in [-0.1, -0.05) is 127 Å². The highest BCUT2D eigenvalue weighted by Crippen LogP contribution is 2.42. The van der Waals surface area contributed by atoms with Crippen molar-refractivity contribution in [3.63, 3.8) is 0 Å². The van der Waals surface area contributed by atoms with E-state index < -0.39 is 0 Å². The van der Waals surface area contributed by atoms with Gasteiger partial charge in [-0.25, -0.2) is 19.9 Å². The summed E-state index contributed by atoms with van der Waals surface area (Å²) in [4.78, 5) is 20.4. The Morgan fingerprint density at radius 1 is 0.333 bits per heavy atom. The maximum absolute atomic E-state index is 6.44. The van der Waals surface area contributed by atoms with E-state index in [0.717, 1.165) is 82.4 Å². The molecule has 0 bridgehead atoms. The molecule has 54 heavy (non-hydrogen) atoms. The van der Waals surface area contributed by atoms with E-state index in [1.807, 2.05) is 54.6 Å². The highest BCUT2D eigenvalue weighted by molar-refractivity contribution is 6.26. The van der Waals surface area contributed by atoms with Gasteiger partial charge in [0.1, 0.15) is 16.7 Å². The van der Waals surface area contributed by atoms with Crippen LogP contribution < -0.4 is 0 Å². The lowest BCUT2D eigenvalue weighted by Crippen LogP contribution is -2.00. The van der Waals surface area contributed by atoms with Crippen molar-refractivity contribution in [2.45, 2.75) is 0 Å². The number of fused-ring (bicyclic) bond motifs is 8. The van der Waals surface area contributed by atoms with Gasteiger partial charge in [0.05, 0.1) is 5.39 Å². The Kier molecular flexibility index (Phi) is 6.75. The van der Waals surface area contributed by atoms with Crippen LogP contribution in [0.2, 0.25) is 0 Å². The van der Waals surface area contributed by atoms with E-state index >= 15 is 0 Å². The lowest BCUT2D eigenvalue weighted by atomic mass is 9.98. The smallest absolute Gasteiger partial charge is 0.227 e. The van der Waals surface area contributed by atoms with Gasteiger partial charge in [0.25, 0.3) is 0 Å². The second kappa shape index (κ2) is 12.1. The maximum Gasteiger partial charge on any atom is 0.227 e.